The molecule has 10 nitrogen and oxygen atoms in total. The highest BCUT2D eigenvalue weighted by atomic mass is 16.5. The summed E-state index contributed by atoms with van der Waals surface area (Å²) in [4.78, 5) is 24.9. The number of nitrogens with zero attached hydrogens (tertiary/aromatic N) is 7. The van der Waals surface area contributed by atoms with E-state index in [9.17, 15) is 0 Å². The maximum absolute atomic E-state index is 6.16. The summed E-state index contributed by atoms with van der Waals surface area (Å²) in [6.45, 7) is 3.50. The third kappa shape index (κ3) is 3.66. The molecule has 0 amide bonds. The van der Waals surface area contributed by atoms with Crippen LogP contribution in [0.4, 0.5) is 17.5 Å². The number of aryl methyl sites for hydroxylation is 2. The molecule has 2 fully saturated rings. The number of ether oxygens (including phenoxy) is 2. The zero-order chi connectivity index (χ0) is 24.2. The maximum Gasteiger partial charge on any atom is 0.226 e. The second-order valence-corrected chi connectivity index (χ2v) is 9.25. The van der Waals surface area contributed by atoms with Gasteiger partial charge in [0.2, 0.25) is 5.95 Å². The van der Waals surface area contributed by atoms with Gasteiger partial charge in [0.25, 0.3) is 0 Å². The van der Waals surface area contributed by atoms with Gasteiger partial charge in [0.1, 0.15) is 28.9 Å². The summed E-state index contributed by atoms with van der Waals surface area (Å²) in [7, 11) is 1.98. The first-order chi connectivity index (χ1) is 17.6. The standard InChI is InChI=1S/C26H24N8O2/c1-15-9-16(3-6-22(15)36-17-4-5-20-18(10-17)30-14-33(20)2)31-25-24-19(28-13-29-25)12-27-26(32-24)34-7-8-35-23-11-21(23)34/h3-6,9-10,12-14,21,23H,7-8,11H2,1-2H3,(H,28,29,31)/t21?,23-/m1/s1. The molecule has 180 valence electrons. The fraction of sp³-hybridized carbons (Fsp3) is 0.269. The van der Waals surface area contributed by atoms with Crippen LogP contribution in [0.3, 0.4) is 0 Å². The number of imidazole rings is 1. The summed E-state index contributed by atoms with van der Waals surface area (Å²) in [6, 6.07) is 12.2. The molecule has 2 aromatic carbocycles. The van der Waals surface area contributed by atoms with Crippen LogP contribution in [0.2, 0.25) is 0 Å². The Kier molecular flexibility index (Phi) is 4.74. The minimum absolute atomic E-state index is 0.303. The van der Waals surface area contributed by atoms with E-state index in [0.29, 0.717) is 41.6 Å². The summed E-state index contributed by atoms with van der Waals surface area (Å²) in [5.74, 6) is 2.86. The van der Waals surface area contributed by atoms with Gasteiger partial charge in [-0.3, -0.25) is 0 Å². The minimum Gasteiger partial charge on any atom is -0.457 e. The summed E-state index contributed by atoms with van der Waals surface area (Å²) in [5, 5.41) is 3.40. The molecule has 1 saturated heterocycles. The van der Waals surface area contributed by atoms with Gasteiger partial charge in [0.15, 0.2) is 5.82 Å². The van der Waals surface area contributed by atoms with Crippen molar-refractivity contribution >= 4 is 39.5 Å². The highest BCUT2D eigenvalue weighted by Gasteiger charge is 2.46. The Hall–Kier alpha value is -4.31. The van der Waals surface area contributed by atoms with E-state index in [1.165, 1.54) is 6.33 Å². The number of rotatable bonds is 5. The zero-order valence-electron chi connectivity index (χ0n) is 19.9. The molecule has 0 radical (unpaired) electrons. The summed E-state index contributed by atoms with van der Waals surface area (Å²) >= 11 is 0. The number of hydrogen-bond donors (Lipinski definition) is 1. The summed E-state index contributed by atoms with van der Waals surface area (Å²) in [5.41, 5.74) is 5.22. The van der Waals surface area contributed by atoms with E-state index < -0.39 is 0 Å². The molecular formula is C26H24N8O2. The molecule has 7 rings (SSSR count). The lowest BCUT2D eigenvalue weighted by Gasteiger charge is -2.26. The Morgan fingerprint density at radius 1 is 1.06 bits per heavy atom. The molecule has 10 heteroatoms. The maximum atomic E-state index is 6.16. The SMILES string of the molecule is Cc1cc(Nc2ncnc3cnc(N4CCO[C@@H]5CC54)nc23)ccc1Oc1ccc2c(c1)ncn2C. The van der Waals surface area contributed by atoms with Crippen LogP contribution in [0.15, 0.2) is 55.2 Å². The van der Waals surface area contributed by atoms with Crippen LogP contribution in [-0.2, 0) is 11.8 Å². The van der Waals surface area contributed by atoms with Crippen LogP contribution >= 0.6 is 0 Å². The van der Waals surface area contributed by atoms with E-state index in [-0.39, 0.29) is 0 Å². The highest BCUT2D eigenvalue weighted by Crippen LogP contribution is 2.37. The van der Waals surface area contributed by atoms with Crippen molar-refractivity contribution < 1.29 is 9.47 Å². The third-order valence-corrected chi connectivity index (χ3v) is 6.75. The lowest BCUT2D eigenvalue weighted by molar-refractivity contribution is 0.102. The first kappa shape index (κ1) is 21.0. The molecule has 1 aliphatic heterocycles. The third-order valence-electron chi connectivity index (χ3n) is 6.75. The van der Waals surface area contributed by atoms with Crippen LogP contribution in [0.5, 0.6) is 11.5 Å². The molecule has 0 spiro atoms. The topological polar surface area (TPSA) is 103 Å². The predicted molar refractivity (Wildman–Crippen MR) is 136 cm³/mol. The van der Waals surface area contributed by atoms with E-state index >= 15 is 0 Å². The van der Waals surface area contributed by atoms with Gasteiger partial charge in [-0.2, -0.15) is 0 Å². The fourth-order valence-electron chi connectivity index (χ4n) is 4.74. The normalized spacial score (nSPS) is 18.9. The molecule has 1 saturated carbocycles. The van der Waals surface area contributed by atoms with E-state index in [4.69, 9.17) is 14.5 Å². The van der Waals surface area contributed by atoms with Crippen LogP contribution < -0.4 is 15.0 Å². The van der Waals surface area contributed by atoms with Gasteiger partial charge in [-0.25, -0.2) is 24.9 Å². The molecule has 1 unspecified atom stereocenters. The predicted octanol–water partition coefficient (Wildman–Crippen LogP) is 4.13. The van der Waals surface area contributed by atoms with Gasteiger partial charge in [0.05, 0.1) is 42.3 Å². The van der Waals surface area contributed by atoms with Gasteiger partial charge in [0, 0.05) is 25.3 Å². The lowest BCUT2D eigenvalue weighted by Crippen LogP contribution is -2.37. The lowest BCUT2D eigenvalue weighted by atomic mass is 10.2. The van der Waals surface area contributed by atoms with Crippen molar-refractivity contribution in [2.24, 2.45) is 7.05 Å². The Balaban J connectivity index is 1.14. The average molecular weight is 481 g/mol. The molecule has 1 N–H and O–H groups in total. The summed E-state index contributed by atoms with van der Waals surface area (Å²) < 4.78 is 13.9. The molecule has 36 heavy (non-hydrogen) atoms. The number of morpholine rings is 1. The number of hydrogen-bond acceptors (Lipinski definition) is 9. The van der Waals surface area contributed by atoms with E-state index in [1.54, 1.807) is 12.5 Å². The number of anilines is 3. The molecule has 1 aliphatic carbocycles. The number of aromatic nitrogens is 6. The van der Waals surface area contributed by atoms with Crippen LogP contribution in [0.1, 0.15) is 12.0 Å². The van der Waals surface area contributed by atoms with Crippen LogP contribution in [0.25, 0.3) is 22.1 Å². The second kappa shape index (κ2) is 8.13. The number of fused-ring (bicyclic) bond motifs is 3. The van der Waals surface area contributed by atoms with E-state index in [2.05, 4.69) is 30.2 Å². The van der Waals surface area contributed by atoms with Gasteiger partial charge in [-0.15, -0.1) is 0 Å². The quantitative estimate of drug-likeness (QED) is 0.398. The monoisotopic (exact) mass is 480 g/mol. The Labute approximate surface area is 207 Å². The van der Waals surface area contributed by atoms with Crippen molar-refractivity contribution in [1.82, 2.24) is 29.5 Å². The first-order valence-corrected chi connectivity index (χ1v) is 11.9. The number of nitrogens with one attached hydrogen (secondary N) is 1. The first-order valence-electron chi connectivity index (χ1n) is 11.9. The smallest absolute Gasteiger partial charge is 0.226 e. The molecule has 4 heterocycles. The highest BCUT2D eigenvalue weighted by molar-refractivity contribution is 5.87. The Morgan fingerprint density at radius 3 is 2.92 bits per heavy atom. The van der Waals surface area contributed by atoms with Gasteiger partial charge >= 0.3 is 0 Å². The van der Waals surface area contributed by atoms with Gasteiger partial charge < -0.3 is 24.3 Å². The molecule has 2 aliphatic rings. The molecule has 3 aromatic heterocycles. The minimum atomic E-state index is 0.303. The fourth-order valence-corrected chi connectivity index (χ4v) is 4.74. The van der Waals surface area contributed by atoms with Crippen LogP contribution in [-0.4, -0.2) is 54.8 Å². The van der Waals surface area contributed by atoms with Crippen molar-refractivity contribution in [3.05, 3.63) is 60.8 Å². The van der Waals surface area contributed by atoms with Crippen molar-refractivity contribution in [2.75, 3.05) is 23.4 Å². The van der Waals surface area contributed by atoms with Gasteiger partial charge in [-0.05, 0) is 49.2 Å². The van der Waals surface area contributed by atoms with E-state index in [1.807, 2.05) is 54.9 Å². The van der Waals surface area contributed by atoms with Crippen molar-refractivity contribution in [3.63, 3.8) is 0 Å². The largest absolute Gasteiger partial charge is 0.457 e. The number of benzene rings is 2. The van der Waals surface area contributed by atoms with Crippen molar-refractivity contribution in [2.45, 2.75) is 25.5 Å². The molecule has 2 atom stereocenters. The average Bonchev–Trinajstić information content (AvgIpc) is 3.61. The van der Waals surface area contributed by atoms with Crippen molar-refractivity contribution in [3.8, 4) is 11.5 Å². The van der Waals surface area contributed by atoms with Crippen molar-refractivity contribution in [1.29, 1.82) is 0 Å². The Bertz CT molecular complexity index is 1620. The van der Waals surface area contributed by atoms with Crippen LogP contribution in [0, 0.1) is 6.92 Å². The van der Waals surface area contributed by atoms with E-state index in [0.717, 1.165) is 46.7 Å². The van der Waals surface area contributed by atoms with Gasteiger partial charge in [-0.1, -0.05) is 0 Å². The second-order valence-electron chi connectivity index (χ2n) is 9.25. The zero-order valence-corrected chi connectivity index (χ0v) is 19.9. The molecule has 0 bridgehead atoms. The summed E-state index contributed by atoms with van der Waals surface area (Å²) in [6.07, 6.45) is 6.42. The molecule has 5 aromatic rings. The molecular weight excluding hydrogens is 456 g/mol. The Morgan fingerprint density at radius 2 is 2.00 bits per heavy atom.